The van der Waals surface area contributed by atoms with Crippen LogP contribution in [0.15, 0.2) is 323 Å². The molecule has 4 radical (unpaired) electrons. The average molecular weight is 2510 g/mol. The van der Waals surface area contributed by atoms with E-state index in [1.807, 2.05) is 197 Å². The Kier molecular flexibility index (Phi) is 45.2. The van der Waals surface area contributed by atoms with Gasteiger partial charge in [0.15, 0.2) is 0 Å². The van der Waals surface area contributed by atoms with Crippen LogP contribution in [0.4, 0.5) is 52.7 Å². The first-order valence-electron chi connectivity index (χ1n) is 38.9. The summed E-state index contributed by atoms with van der Waals surface area (Å²) in [5.74, 6) is 4.02. The van der Waals surface area contributed by atoms with Gasteiger partial charge < -0.3 is 79.7 Å². The molecule has 0 aliphatic rings. The van der Waals surface area contributed by atoms with Crippen LogP contribution >= 0.6 is 0 Å². The number of benzene rings is 5. The summed E-state index contributed by atoms with van der Waals surface area (Å²) < 4.78 is 169. The number of para-hydroxylation sites is 1. The molecule has 0 spiro atoms. The summed E-state index contributed by atoms with van der Waals surface area (Å²) in [6.45, 7) is 6.64. The zero-order valence-electron chi connectivity index (χ0n) is 69.9. The molecule has 36 heteroatoms. The third kappa shape index (κ3) is 36.4. The number of methoxy groups -OCH3 is 1. The minimum atomic E-state index is -4.44. The van der Waals surface area contributed by atoms with Crippen LogP contribution in [0, 0.1) is 24.3 Å². The van der Waals surface area contributed by atoms with E-state index < -0.39 is 47.5 Å². The van der Waals surface area contributed by atoms with E-state index in [4.69, 9.17) is 18.9 Å². The van der Waals surface area contributed by atoms with E-state index in [1.165, 1.54) is 0 Å². The van der Waals surface area contributed by atoms with E-state index in [2.05, 4.69) is 105 Å². The molecule has 0 atom stereocenters. The number of halogens is 12. The second-order valence-corrected chi connectivity index (χ2v) is 26.6. The smallest absolute Gasteiger partial charge is 0.431 e. The van der Waals surface area contributed by atoms with Crippen molar-refractivity contribution in [3.63, 3.8) is 0 Å². The minimum Gasteiger partial charge on any atom is -0.578 e. The molecule has 0 unspecified atom stereocenters. The molecule has 0 bridgehead atoms. The first-order chi connectivity index (χ1) is 61.8. The first-order valence-corrected chi connectivity index (χ1v) is 38.9. The minimum absolute atomic E-state index is 0. The molecule has 5 aromatic carbocycles. The third-order valence-corrected chi connectivity index (χ3v) is 16.7. The van der Waals surface area contributed by atoms with E-state index >= 15 is 0 Å². The van der Waals surface area contributed by atoms with Crippen LogP contribution in [-0.4, -0.2) is 80.1 Å². The van der Waals surface area contributed by atoms with E-state index in [-0.39, 0.29) is 135 Å². The summed E-state index contributed by atoms with van der Waals surface area (Å²) in [6, 6.07) is 93.0. The summed E-state index contributed by atoms with van der Waals surface area (Å²) in [5.41, 5.74) is 7.00. The Labute approximate surface area is 806 Å². The Morgan fingerprint density at radius 1 is 0.303 bits per heavy atom. The van der Waals surface area contributed by atoms with Crippen molar-refractivity contribution in [2.24, 2.45) is 0 Å². The van der Waals surface area contributed by atoms with Crippen LogP contribution in [0.1, 0.15) is 89.1 Å². The van der Waals surface area contributed by atoms with E-state index in [1.54, 1.807) is 129 Å². The van der Waals surface area contributed by atoms with Gasteiger partial charge in [-0.3, -0.25) is 19.9 Å². The predicted octanol–water partition coefficient (Wildman–Crippen LogP) is 21.3. The predicted molar refractivity (Wildman–Crippen MR) is 452 cm³/mol. The van der Waals surface area contributed by atoms with Crippen molar-refractivity contribution in [3.05, 3.63) is 415 Å². The van der Waals surface area contributed by atoms with Crippen molar-refractivity contribution in [2.75, 3.05) is 13.7 Å². The third-order valence-electron chi connectivity index (χ3n) is 16.7. The molecule has 0 saturated heterocycles. The maximum absolute atomic E-state index is 12.2. The van der Waals surface area contributed by atoms with Gasteiger partial charge in [0.25, 0.3) is 0 Å². The number of hydrogen-bond acceptors (Lipinski definition) is 16. The molecule has 0 amide bonds. The van der Waals surface area contributed by atoms with Gasteiger partial charge in [-0.1, -0.05) is 138 Å². The second-order valence-electron chi connectivity index (χ2n) is 26.6. The normalized spacial score (nSPS) is 10.6. The fraction of sp³-hybridized carbons (Fsp3) is 0.146. The Morgan fingerprint density at radius 2 is 0.561 bits per heavy atom. The molecule has 12 aromatic heterocycles. The molecule has 0 saturated carbocycles. The van der Waals surface area contributed by atoms with Crippen molar-refractivity contribution in [1.82, 2.24) is 80.7 Å². The van der Waals surface area contributed by atoms with Gasteiger partial charge in [0.05, 0.1) is 19.8 Å². The monoisotopic (exact) mass is 2520 g/mol. The molecule has 0 aliphatic heterocycles. The molecule has 692 valence electrons. The van der Waals surface area contributed by atoms with Gasteiger partial charge in [0, 0.05) is 176 Å². The van der Waals surface area contributed by atoms with Gasteiger partial charge in [-0.25, -0.2) is 0 Å². The summed E-state index contributed by atoms with van der Waals surface area (Å²) in [5, 5.41) is 26.2. The van der Waals surface area contributed by atoms with Crippen LogP contribution in [0.5, 0.6) is 28.7 Å². The Hall–Kier alpha value is -12.9. The van der Waals surface area contributed by atoms with Crippen LogP contribution in [0.2, 0.25) is 0 Å². The van der Waals surface area contributed by atoms with Crippen LogP contribution in [-0.2, 0) is 131 Å². The van der Waals surface area contributed by atoms with Gasteiger partial charge in [-0.05, 0) is 154 Å². The van der Waals surface area contributed by atoms with Crippen LogP contribution in [0.25, 0.3) is 45.0 Å². The molecule has 0 aliphatic carbocycles. The largest absolute Gasteiger partial charge is 0.578 e. The Balaban J connectivity index is 0.000000231. The Bertz CT molecular complexity index is 5680. The molecule has 17 rings (SSSR count). The van der Waals surface area contributed by atoms with Crippen LogP contribution < -0.4 is 39.3 Å². The molecular formula is C96H76F12Ir4N16O4-8. The summed E-state index contributed by atoms with van der Waals surface area (Å²) in [4.78, 5) is 33.2. The van der Waals surface area contributed by atoms with Crippen molar-refractivity contribution < 1.29 is 152 Å². The van der Waals surface area contributed by atoms with Crippen molar-refractivity contribution in [2.45, 2.75) is 77.3 Å². The van der Waals surface area contributed by atoms with Gasteiger partial charge in [0.1, 0.15) is 28.5 Å². The van der Waals surface area contributed by atoms with E-state index in [9.17, 15) is 52.7 Å². The summed E-state index contributed by atoms with van der Waals surface area (Å²) in [7, 11) is 1.65. The van der Waals surface area contributed by atoms with Gasteiger partial charge in [-0.15, -0.1) is 120 Å². The first kappa shape index (κ1) is 108. The number of alkyl halides is 12. The molecule has 20 nitrogen and oxygen atoms in total. The SMILES string of the molecule is CC(C)Oc1ccc[c-]c1-c1ccccn1.CCOc1ccc[c-]c1-c1ccccn1.COc1ccc[c-]c1-c1ccccn1.FC(F)(F)c1cc(Cc2ccccn2)[n-]n1.FC(F)(F)c1cc(Cc2ccccn2)[n-]n1.FC(F)(F)c1cc(Cc2ccccn2)[n-]n1.FC(F)(F)c1cc(Cc2ccccn2)[n-]n1.[Ir].[Ir].[Ir].[Ir].[c-]1cccc(Oc2ccccc2)c1-c1ccccn1. The molecule has 0 N–H and O–H groups in total. The zero-order valence-corrected chi connectivity index (χ0v) is 79.5. The summed E-state index contributed by atoms with van der Waals surface area (Å²) >= 11 is 0. The average Bonchev–Trinajstić information content (AvgIpc) is 1.81. The number of hydrogen-bond donors (Lipinski definition) is 0. The number of nitrogens with zero attached hydrogens (tertiary/aromatic N) is 16. The maximum Gasteiger partial charge on any atom is 0.431 e. The number of pyridine rings is 8. The standard InChI is InChI=1S/C17H12NO.C14H14NO.C13H12NO.C12H10NO.4C10H7F3N3.4Ir/c1-2-8-14(9-3-1)19-17-12-5-4-10-15(17)16-11-6-7-13-18-16;1-11(2)16-14-9-4-3-7-12(14)13-8-5-6-10-15-13;1-2-15-13-9-4-3-7-11(13)12-8-5-6-10-14-12;1-14-12-8-3-2-6-10(12)11-7-4-5-9-13-11;4*11-10(12,13)9-6-8(15-16-9)5-7-3-1-2-4-14-7;;;;/h1-9,11-13H;3-6,8-11H,1-2H3;3-6,8-10H,2H2,1H3;2-5,7-9H,1H3;4*1-4,6H,5H2;;;;/q8*-1;;;;. The van der Waals surface area contributed by atoms with Crippen molar-refractivity contribution in [1.29, 1.82) is 0 Å². The molecular weight excluding hydrogens is 2440 g/mol. The molecule has 12 heterocycles. The van der Waals surface area contributed by atoms with Crippen LogP contribution in [0.3, 0.4) is 0 Å². The van der Waals surface area contributed by atoms with Crippen molar-refractivity contribution >= 4 is 0 Å². The van der Waals surface area contributed by atoms with Gasteiger partial charge in [-0.2, -0.15) is 52.7 Å². The number of aromatic nitrogens is 16. The van der Waals surface area contributed by atoms with Gasteiger partial charge in [0.2, 0.25) is 0 Å². The maximum atomic E-state index is 12.2. The quantitative estimate of drug-likeness (QED) is 0.0539. The number of rotatable bonds is 19. The van der Waals surface area contributed by atoms with Crippen molar-refractivity contribution in [3.8, 4) is 73.8 Å². The fourth-order valence-corrected chi connectivity index (χ4v) is 11.0. The fourth-order valence-electron chi connectivity index (χ4n) is 11.0. The topological polar surface area (TPSA) is 248 Å². The van der Waals surface area contributed by atoms with E-state index in [0.29, 0.717) is 29.4 Å². The molecule has 0 fully saturated rings. The zero-order chi connectivity index (χ0) is 91.0. The molecule has 132 heavy (non-hydrogen) atoms. The molecule has 17 aromatic rings. The summed E-state index contributed by atoms with van der Waals surface area (Å²) in [6.07, 6.45) is -3.19. The van der Waals surface area contributed by atoms with E-state index in [0.717, 1.165) is 98.0 Å². The number of ether oxygens (including phenoxy) is 4. The van der Waals surface area contributed by atoms with Gasteiger partial charge >= 0.3 is 24.7 Å². The second kappa shape index (κ2) is 55.3. The Morgan fingerprint density at radius 3 is 0.818 bits per heavy atom.